The Labute approximate surface area is 163 Å². The first-order valence-corrected chi connectivity index (χ1v) is 8.64. The molecule has 1 N–H and O–H groups in total. The molecule has 0 heterocycles. The number of ether oxygens (including phenoxy) is 3. The molecule has 7 nitrogen and oxygen atoms in total. The number of hydrogen-bond acceptors (Lipinski definition) is 6. The van der Waals surface area contributed by atoms with Crippen LogP contribution in [-0.4, -0.2) is 38.2 Å². The van der Waals surface area contributed by atoms with Gasteiger partial charge in [-0.25, -0.2) is 9.59 Å². The standard InChI is InChI=1S/C21H23NO6/c1-13-5-8-18(15(3)9-13)27-12-20(24)28-11-19(23)22-17-10-16(21(25)26-4)7-6-14(17)2/h5-10H,11-12H2,1-4H3,(H,22,23). The van der Waals surface area contributed by atoms with Gasteiger partial charge >= 0.3 is 11.9 Å². The van der Waals surface area contributed by atoms with Gasteiger partial charge in [-0.1, -0.05) is 23.8 Å². The second-order valence-electron chi connectivity index (χ2n) is 6.29. The summed E-state index contributed by atoms with van der Waals surface area (Å²) < 4.78 is 15.0. The Morgan fingerprint density at radius 2 is 1.68 bits per heavy atom. The van der Waals surface area contributed by atoms with Gasteiger partial charge in [0.05, 0.1) is 12.7 Å². The molecule has 2 aromatic rings. The summed E-state index contributed by atoms with van der Waals surface area (Å²) >= 11 is 0. The Bertz CT molecular complexity index is 890. The van der Waals surface area contributed by atoms with Crippen LogP contribution < -0.4 is 10.1 Å². The first-order valence-electron chi connectivity index (χ1n) is 8.64. The van der Waals surface area contributed by atoms with Gasteiger partial charge in [-0.15, -0.1) is 0 Å². The first kappa shape index (κ1) is 21.0. The molecule has 0 bridgehead atoms. The summed E-state index contributed by atoms with van der Waals surface area (Å²) in [6.07, 6.45) is 0. The first-order chi connectivity index (χ1) is 13.3. The van der Waals surface area contributed by atoms with E-state index in [0.29, 0.717) is 17.0 Å². The minimum atomic E-state index is -0.657. The number of methoxy groups -OCH3 is 1. The van der Waals surface area contributed by atoms with Crippen molar-refractivity contribution in [3.63, 3.8) is 0 Å². The summed E-state index contributed by atoms with van der Waals surface area (Å²) in [4.78, 5) is 35.4. The summed E-state index contributed by atoms with van der Waals surface area (Å²) in [6.45, 7) is 4.86. The SMILES string of the molecule is COC(=O)c1ccc(C)c(NC(=O)COC(=O)COc2ccc(C)cc2C)c1. The van der Waals surface area contributed by atoms with Crippen LogP contribution in [0, 0.1) is 20.8 Å². The maximum atomic E-state index is 12.0. The number of amides is 1. The van der Waals surface area contributed by atoms with Gasteiger partial charge in [-0.3, -0.25) is 4.79 Å². The van der Waals surface area contributed by atoms with E-state index in [1.54, 1.807) is 25.1 Å². The van der Waals surface area contributed by atoms with Gasteiger partial charge in [0.15, 0.2) is 13.2 Å². The molecule has 0 radical (unpaired) electrons. The Hall–Kier alpha value is -3.35. The van der Waals surface area contributed by atoms with Crippen LogP contribution in [0.25, 0.3) is 0 Å². The highest BCUT2D eigenvalue weighted by Gasteiger charge is 2.13. The fourth-order valence-corrected chi connectivity index (χ4v) is 2.47. The molecule has 148 valence electrons. The molecular formula is C21H23NO6. The zero-order chi connectivity index (χ0) is 20.7. The van der Waals surface area contributed by atoms with Crippen molar-refractivity contribution in [2.75, 3.05) is 25.6 Å². The van der Waals surface area contributed by atoms with E-state index in [9.17, 15) is 14.4 Å². The Balaban J connectivity index is 1.85. The van der Waals surface area contributed by atoms with Crippen LogP contribution in [0.1, 0.15) is 27.0 Å². The molecule has 28 heavy (non-hydrogen) atoms. The minimum Gasteiger partial charge on any atom is -0.482 e. The summed E-state index contributed by atoms with van der Waals surface area (Å²) in [5, 5.41) is 2.61. The lowest BCUT2D eigenvalue weighted by molar-refractivity contribution is -0.149. The quantitative estimate of drug-likeness (QED) is 0.737. The van der Waals surface area contributed by atoms with E-state index in [4.69, 9.17) is 9.47 Å². The molecule has 0 atom stereocenters. The largest absolute Gasteiger partial charge is 0.482 e. The Morgan fingerprint density at radius 3 is 2.36 bits per heavy atom. The average Bonchev–Trinajstić information content (AvgIpc) is 2.66. The molecule has 0 unspecified atom stereocenters. The van der Waals surface area contributed by atoms with Crippen LogP contribution >= 0.6 is 0 Å². The van der Waals surface area contributed by atoms with Crippen LogP contribution in [0.3, 0.4) is 0 Å². The number of carbonyl (C=O) groups is 3. The molecule has 0 saturated heterocycles. The molecule has 0 aliphatic heterocycles. The fourth-order valence-electron chi connectivity index (χ4n) is 2.47. The van der Waals surface area contributed by atoms with E-state index in [2.05, 4.69) is 10.1 Å². The molecule has 0 aliphatic rings. The highest BCUT2D eigenvalue weighted by Crippen LogP contribution is 2.19. The molecule has 0 fully saturated rings. The van der Waals surface area contributed by atoms with Gasteiger partial charge in [0, 0.05) is 5.69 Å². The van der Waals surface area contributed by atoms with Crippen LogP contribution in [-0.2, 0) is 19.1 Å². The molecule has 0 aromatic heterocycles. The zero-order valence-corrected chi connectivity index (χ0v) is 16.3. The number of nitrogens with one attached hydrogen (secondary N) is 1. The fraction of sp³-hybridized carbons (Fsp3) is 0.286. The van der Waals surface area contributed by atoms with Gasteiger partial charge in [0.2, 0.25) is 0 Å². The Morgan fingerprint density at radius 1 is 0.929 bits per heavy atom. The van der Waals surface area contributed by atoms with Crippen molar-refractivity contribution in [2.24, 2.45) is 0 Å². The highest BCUT2D eigenvalue weighted by atomic mass is 16.6. The molecule has 0 aliphatic carbocycles. The number of benzene rings is 2. The summed E-state index contributed by atoms with van der Waals surface area (Å²) in [6, 6.07) is 10.4. The van der Waals surface area contributed by atoms with Crippen molar-refractivity contribution >= 4 is 23.5 Å². The van der Waals surface area contributed by atoms with Gasteiger partial charge in [0.25, 0.3) is 5.91 Å². The number of aryl methyl sites for hydroxylation is 3. The van der Waals surface area contributed by atoms with E-state index in [-0.39, 0.29) is 6.61 Å². The molecule has 0 saturated carbocycles. The van der Waals surface area contributed by atoms with Crippen molar-refractivity contribution in [3.05, 3.63) is 58.7 Å². The third-order valence-corrected chi connectivity index (χ3v) is 3.97. The number of rotatable bonds is 7. The van der Waals surface area contributed by atoms with Gasteiger partial charge in [0.1, 0.15) is 5.75 Å². The molecule has 2 aromatic carbocycles. The molecule has 1 amide bonds. The smallest absolute Gasteiger partial charge is 0.344 e. The van der Waals surface area contributed by atoms with E-state index in [1.165, 1.54) is 13.2 Å². The van der Waals surface area contributed by atoms with E-state index >= 15 is 0 Å². The van der Waals surface area contributed by atoms with Crippen LogP contribution in [0.5, 0.6) is 5.75 Å². The third kappa shape index (κ3) is 5.84. The lowest BCUT2D eigenvalue weighted by Gasteiger charge is -2.11. The van der Waals surface area contributed by atoms with Gasteiger partial charge < -0.3 is 19.5 Å². The van der Waals surface area contributed by atoms with Crippen LogP contribution in [0.15, 0.2) is 36.4 Å². The second-order valence-corrected chi connectivity index (χ2v) is 6.29. The average molecular weight is 385 g/mol. The van der Waals surface area contributed by atoms with Crippen molar-refractivity contribution in [1.82, 2.24) is 0 Å². The molecule has 2 rings (SSSR count). The lowest BCUT2D eigenvalue weighted by atomic mass is 10.1. The zero-order valence-electron chi connectivity index (χ0n) is 16.3. The molecular weight excluding hydrogens is 362 g/mol. The summed E-state index contributed by atoms with van der Waals surface area (Å²) in [5.41, 5.74) is 3.51. The number of carbonyl (C=O) groups excluding carboxylic acids is 3. The normalized spacial score (nSPS) is 10.1. The van der Waals surface area contributed by atoms with Crippen molar-refractivity contribution < 1.29 is 28.6 Å². The maximum absolute atomic E-state index is 12.0. The van der Waals surface area contributed by atoms with Crippen LogP contribution in [0.4, 0.5) is 5.69 Å². The number of hydrogen-bond donors (Lipinski definition) is 1. The second kappa shape index (κ2) is 9.55. The monoisotopic (exact) mass is 385 g/mol. The third-order valence-electron chi connectivity index (χ3n) is 3.97. The lowest BCUT2D eigenvalue weighted by Crippen LogP contribution is -2.24. The molecule has 7 heteroatoms. The molecule has 0 spiro atoms. The summed E-state index contributed by atoms with van der Waals surface area (Å²) in [7, 11) is 1.28. The van der Waals surface area contributed by atoms with Crippen molar-refractivity contribution in [2.45, 2.75) is 20.8 Å². The van der Waals surface area contributed by atoms with Crippen LogP contribution in [0.2, 0.25) is 0 Å². The maximum Gasteiger partial charge on any atom is 0.344 e. The van der Waals surface area contributed by atoms with E-state index in [0.717, 1.165) is 16.7 Å². The van der Waals surface area contributed by atoms with E-state index in [1.807, 2.05) is 26.0 Å². The predicted molar refractivity (Wildman–Crippen MR) is 104 cm³/mol. The van der Waals surface area contributed by atoms with E-state index < -0.39 is 24.5 Å². The van der Waals surface area contributed by atoms with Gasteiger partial charge in [-0.05, 0) is 50.1 Å². The van der Waals surface area contributed by atoms with Crippen molar-refractivity contribution in [1.29, 1.82) is 0 Å². The number of esters is 2. The predicted octanol–water partition coefficient (Wildman–Crippen LogP) is 2.96. The van der Waals surface area contributed by atoms with Gasteiger partial charge in [-0.2, -0.15) is 0 Å². The highest BCUT2D eigenvalue weighted by molar-refractivity contribution is 5.96. The Kier molecular flexibility index (Phi) is 7.14. The van der Waals surface area contributed by atoms with Crippen molar-refractivity contribution in [3.8, 4) is 5.75 Å². The number of anilines is 1. The topological polar surface area (TPSA) is 90.9 Å². The summed E-state index contributed by atoms with van der Waals surface area (Å²) in [5.74, 6) is -1.10. The minimum absolute atomic E-state index is 0.298.